The smallest absolute Gasteiger partial charge is 0.166 e. The first-order valence-electron chi connectivity index (χ1n) is 8.46. The van der Waals surface area contributed by atoms with Crippen LogP contribution in [0.3, 0.4) is 0 Å². The summed E-state index contributed by atoms with van der Waals surface area (Å²) in [6.45, 7) is 3.74. The van der Waals surface area contributed by atoms with Crippen molar-refractivity contribution in [2.45, 2.75) is 58.8 Å². The van der Waals surface area contributed by atoms with E-state index in [2.05, 4.69) is 31.2 Å². The maximum atomic E-state index is 12.0. The van der Waals surface area contributed by atoms with Gasteiger partial charge in [0.05, 0.1) is 5.92 Å². The molecule has 118 valence electrons. The van der Waals surface area contributed by atoms with E-state index in [-0.39, 0.29) is 11.6 Å². The predicted molar refractivity (Wildman–Crippen MR) is 90.7 cm³/mol. The van der Waals surface area contributed by atoms with Gasteiger partial charge in [0.15, 0.2) is 5.78 Å². The first kappa shape index (κ1) is 16.7. The summed E-state index contributed by atoms with van der Waals surface area (Å²) in [5.41, 5.74) is 3.55. The molecule has 0 bridgehead atoms. The van der Waals surface area contributed by atoms with Gasteiger partial charge in [0.2, 0.25) is 0 Å². The average Bonchev–Trinajstić information content (AvgIpc) is 2.52. The van der Waals surface area contributed by atoms with Crippen LogP contribution < -0.4 is 0 Å². The van der Waals surface area contributed by atoms with Crippen LogP contribution in [-0.2, 0) is 16.0 Å². The normalized spacial score (nSPS) is 18.2. The highest BCUT2D eigenvalue weighted by molar-refractivity contribution is 6.10. The molecule has 0 aliphatic heterocycles. The highest BCUT2D eigenvalue weighted by atomic mass is 16.1. The number of unbranched alkanes of at least 4 members (excludes halogenated alkanes) is 3. The fraction of sp³-hybridized carbons (Fsp3) is 0.500. The van der Waals surface area contributed by atoms with Gasteiger partial charge in [-0.15, -0.1) is 0 Å². The number of carbonyl (C=O) groups excluding carboxylic acids is 2. The lowest BCUT2D eigenvalue weighted by molar-refractivity contribution is -0.129. The Labute approximate surface area is 133 Å². The van der Waals surface area contributed by atoms with Gasteiger partial charge in [-0.1, -0.05) is 50.5 Å². The van der Waals surface area contributed by atoms with E-state index >= 15 is 0 Å². The number of hydrogen-bond acceptors (Lipinski definition) is 2. The molecule has 0 aromatic heterocycles. The van der Waals surface area contributed by atoms with Gasteiger partial charge < -0.3 is 0 Å². The Kier molecular flexibility index (Phi) is 6.11. The topological polar surface area (TPSA) is 34.1 Å². The summed E-state index contributed by atoms with van der Waals surface area (Å²) in [6, 6.07) is 8.57. The Hall–Kier alpha value is -1.70. The van der Waals surface area contributed by atoms with Crippen LogP contribution in [0.25, 0.3) is 5.57 Å². The van der Waals surface area contributed by atoms with E-state index in [4.69, 9.17) is 0 Å². The van der Waals surface area contributed by atoms with Crippen molar-refractivity contribution in [1.82, 2.24) is 0 Å². The Balaban J connectivity index is 1.97. The van der Waals surface area contributed by atoms with E-state index in [1.54, 1.807) is 6.08 Å². The summed E-state index contributed by atoms with van der Waals surface area (Å²) in [7, 11) is 0. The largest absolute Gasteiger partial charge is 0.299 e. The molecule has 1 aliphatic rings. The SMILES string of the molecule is CCCCCCc1ccc(C2=CC(=O)C(C(C)=O)CC2)cc1. The van der Waals surface area contributed by atoms with E-state index in [9.17, 15) is 9.59 Å². The lowest BCUT2D eigenvalue weighted by Crippen LogP contribution is -2.23. The molecule has 1 aliphatic carbocycles. The molecule has 0 heterocycles. The van der Waals surface area contributed by atoms with Gasteiger partial charge in [0, 0.05) is 0 Å². The summed E-state index contributed by atoms with van der Waals surface area (Å²) in [5, 5.41) is 0. The van der Waals surface area contributed by atoms with Gasteiger partial charge in [-0.05, 0) is 55.4 Å². The van der Waals surface area contributed by atoms with Crippen molar-refractivity contribution >= 4 is 17.1 Å². The number of rotatable bonds is 7. The highest BCUT2D eigenvalue weighted by Crippen LogP contribution is 2.29. The van der Waals surface area contributed by atoms with Crippen LogP contribution >= 0.6 is 0 Å². The third-order valence-corrected chi connectivity index (χ3v) is 4.50. The van der Waals surface area contributed by atoms with Crippen molar-refractivity contribution < 1.29 is 9.59 Å². The first-order chi connectivity index (χ1) is 10.6. The van der Waals surface area contributed by atoms with Crippen molar-refractivity contribution in [2.24, 2.45) is 5.92 Å². The fourth-order valence-corrected chi connectivity index (χ4v) is 3.06. The minimum Gasteiger partial charge on any atom is -0.299 e. The average molecular weight is 298 g/mol. The number of aryl methyl sites for hydroxylation is 1. The number of carbonyl (C=O) groups is 2. The molecule has 0 N–H and O–H groups in total. The van der Waals surface area contributed by atoms with E-state index in [0.717, 1.165) is 24.0 Å². The van der Waals surface area contributed by atoms with Gasteiger partial charge in [0.1, 0.15) is 5.78 Å². The monoisotopic (exact) mass is 298 g/mol. The molecule has 0 fully saturated rings. The zero-order valence-electron chi connectivity index (χ0n) is 13.7. The molecule has 2 rings (SSSR count). The van der Waals surface area contributed by atoms with Crippen molar-refractivity contribution in [3.63, 3.8) is 0 Å². The number of Topliss-reactive ketones (excluding diaryl/α,β-unsaturated/α-hetero) is 1. The summed E-state index contributed by atoms with van der Waals surface area (Å²) >= 11 is 0. The molecule has 1 aromatic rings. The molecule has 1 atom stereocenters. The zero-order valence-corrected chi connectivity index (χ0v) is 13.7. The van der Waals surface area contributed by atoms with E-state index in [1.807, 2.05) is 0 Å². The minimum absolute atomic E-state index is 0.0114. The summed E-state index contributed by atoms with van der Waals surface area (Å²) in [6.07, 6.45) is 9.38. The van der Waals surface area contributed by atoms with E-state index < -0.39 is 5.92 Å². The second-order valence-electron chi connectivity index (χ2n) is 6.28. The van der Waals surface area contributed by atoms with Crippen LogP contribution in [0.2, 0.25) is 0 Å². The minimum atomic E-state index is -0.415. The quantitative estimate of drug-likeness (QED) is 0.537. The third-order valence-electron chi connectivity index (χ3n) is 4.50. The van der Waals surface area contributed by atoms with Crippen LogP contribution in [0, 0.1) is 5.92 Å². The van der Waals surface area contributed by atoms with Crippen molar-refractivity contribution in [3.05, 3.63) is 41.5 Å². The predicted octanol–water partition coefficient (Wildman–Crippen LogP) is 4.76. The Morgan fingerprint density at radius 2 is 1.86 bits per heavy atom. The van der Waals surface area contributed by atoms with Gasteiger partial charge in [0.25, 0.3) is 0 Å². The molecule has 2 nitrogen and oxygen atoms in total. The lowest BCUT2D eigenvalue weighted by atomic mass is 9.83. The van der Waals surface area contributed by atoms with Crippen molar-refractivity contribution in [1.29, 1.82) is 0 Å². The molecule has 0 amide bonds. The maximum Gasteiger partial charge on any atom is 0.166 e. The Bertz CT molecular complexity index is 552. The number of benzene rings is 1. The fourth-order valence-electron chi connectivity index (χ4n) is 3.06. The van der Waals surface area contributed by atoms with Gasteiger partial charge in [-0.2, -0.15) is 0 Å². The Morgan fingerprint density at radius 1 is 1.14 bits per heavy atom. The Morgan fingerprint density at radius 3 is 2.45 bits per heavy atom. The van der Waals surface area contributed by atoms with Crippen LogP contribution in [0.5, 0.6) is 0 Å². The molecule has 0 radical (unpaired) electrons. The number of allylic oxidation sites excluding steroid dienone is 2. The van der Waals surface area contributed by atoms with Crippen LogP contribution in [0.15, 0.2) is 30.3 Å². The van der Waals surface area contributed by atoms with Crippen LogP contribution in [-0.4, -0.2) is 11.6 Å². The molecule has 0 saturated carbocycles. The molecule has 2 heteroatoms. The highest BCUT2D eigenvalue weighted by Gasteiger charge is 2.26. The molecule has 1 unspecified atom stereocenters. The van der Waals surface area contributed by atoms with Crippen LogP contribution in [0.1, 0.15) is 63.5 Å². The lowest BCUT2D eigenvalue weighted by Gasteiger charge is -2.19. The van der Waals surface area contributed by atoms with Crippen molar-refractivity contribution in [2.75, 3.05) is 0 Å². The molecular weight excluding hydrogens is 272 g/mol. The molecule has 1 aromatic carbocycles. The summed E-state index contributed by atoms with van der Waals surface area (Å²) in [5.74, 6) is -0.457. The molecule has 0 spiro atoms. The molecule has 0 saturated heterocycles. The van der Waals surface area contributed by atoms with Crippen molar-refractivity contribution in [3.8, 4) is 0 Å². The molecular formula is C20H26O2. The third kappa shape index (κ3) is 4.40. The summed E-state index contributed by atoms with van der Waals surface area (Å²) in [4.78, 5) is 23.4. The van der Waals surface area contributed by atoms with E-state index in [0.29, 0.717) is 6.42 Å². The number of ketones is 2. The van der Waals surface area contributed by atoms with Gasteiger partial charge in [-0.3, -0.25) is 9.59 Å². The first-order valence-corrected chi connectivity index (χ1v) is 8.46. The van der Waals surface area contributed by atoms with Gasteiger partial charge >= 0.3 is 0 Å². The molecule has 22 heavy (non-hydrogen) atoms. The second-order valence-corrected chi connectivity index (χ2v) is 6.28. The maximum absolute atomic E-state index is 12.0. The second kappa shape index (κ2) is 8.07. The number of hydrogen-bond donors (Lipinski definition) is 0. The zero-order chi connectivity index (χ0) is 15.9. The summed E-state index contributed by atoms with van der Waals surface area (Å²) < 4.78 is 0. The van der Waals surface area contributed by atoms with E-state index in [1.165, 1.54) is 38.2 Å². The standard InChI is InChI=1S/C20H26O2/c1-3-4-5-6-7-16-8-10-17(11-9-16)18-12-13-19(15(2)21)20(22)14-18/h8-11,14,19H,3-7,12-13H2,1-2H3. The van der Waals surface area contributed by atoms with Crippen LogP contribution in [0.4, 0.5) is 0 Å². The van der Waals surface area contributed by atoms with Gasteiger partial charge in [-0.25, -0.2) is 0 Å².